The van der Waals surface area contributed by atoms with Crippen LogP contribution in [0.1, 0.15) is 34.3 Å². The summed E-state index contributed by atoms with van der Waals surface area (Å²) in [6.07, 6.45) is 4.99. The molecular weight excluding hydrogens is 443 g/mol. The molecule has 180 valence electrons. The molecule has 0 spiro atoms. The summed E-state index contributed by atoms with van der Waals surface area (Å²) in [5, 5.41) is 3.07. The van der Waals surface area contributed by atoms with Gasteiger partial charge in [0.15, 0.2) is 12.4 Å². The lowest BCUT2D eigenvalue weighted by molar-refractivity contribution is -0.124. The van der Waals surface area contributed by atoms with Crippen LogP contribution >= 0.6 is 0 Å². The van der Waals surface area contributed by atoms with Gasteiger partial charge in [-0.05, 0) is 66.4 Å². The number of carbonyl (C=O) groups is 2. The van der Waals surface area contributed by atoms with Crippen LogP contribution in [-0.2, 0) is 11.3 Å². The van der Waals surface area contributed by atoms with E-state index in [0.29, 0.717) is 11.3 Å². The van der Waals surface area contributed by atoms with Gasteiger partial charge in [0.05, 0.1) is 0 Å². The van der Waals surface area contributed by atoms with Gasteiger partial charge in [0.25, 0.3) is 5.91 Å². The van der Waals surface area contributed by atoms with E-state index in [1.165, 1.54) is 35.9 Å². The smallest absolute Gasteiger partial charge is 0.258 e. The second-order valence-electron chi connectivity index (χ2n) is 8.67. The summed E-state index contributed by atoms with van der Waals surface area (Å²) in [5.74, 6) is -0.118. The Labute approximate surface area is 205 Å². The topological polar surface area (TPSA) is 58.6 Å². The normalized spacial score (nSPS) is 14.7. The monoisotopic (exact) mass is 472 g/mol. The Bertz CT molecular complexity index is 1140. The molecule has 4 rings (SSSR count). The van der Waals surface area contributed by atoms with Gasteiger partial charge in [0, 0.05) is 31.2 Å². The number of hydrogen-bond acceptors (Lipinski definition) is 4. The average Bonchev–Trinajstić information content (AvgIpc) is 2.89. The number of ether oxygens (including phenoxy) is 1. The molecule has 0 radical (unpaired) electrons. The van der Waals surface area contributed by atoms with Crippen LogP contribution in [0.4, 0.5) is 4.39 Å². The number of nitrogens with one attached hydrogen (secondary N) is 1. The van der Waals surface area contributed by atoms with E-state index in [0.717, 1.165) is 38.0 Å². The molecule has 0 aromatic heterocycles. The Balaban J connectivity index is 1.17. The highest BCUT2D eigenvalue weighted by molar-refractivity contribution is 6.06. The molecule has 1 fully saturated rings. The number of likely N-dealkylation sites (tertiary alicyclic amines) is 1. The summed E-state index contributed by atoms with van der Waals surface area (Å²) >= 11 is 0. The fourth-order valence-corrected chi connectivity index (χ4v) is 4.05. The summed E-state index contributed by atoms with van der Waals surface area (Å²) in [6, 6.07) is 23.2. The molecular formula is C29H29FN2O3. The lowest BCUT2D eigenvalue weighted by Gasteiger charge is -2.32. The second-order valence-corrected chi connectivity index (χ2v) is 8.67. The van der Waals surface area contributed by atoms with Gasteiger partial charge in [-0.3, -0.25) is 14.5 Å². The van der Waals surface area contributed by atoms with Crippen LogP contribution in [0.15, 0.2) is 84.9 Å². The summed E-state index contributed by atoms with van der Waals surface area (Å²) < 4.78 is 18.6. The van der Waals surface area contributed by atoms with E-state index in [9.17, 15) is 14.0 Å². The van der Waals surface area contributed by atoms with Gasteiger partial charge in [-0.15, -0.1) is 0 Å². The quantitative estimate of drug-likeness (QED) is 0.356. The fourth-order valence-electron chi connectivity index (χ4n) is 4.05. The third-order valence-corrected chi connectivity index (χ3v) is 6.01. The lowest BCUT2D eigenvalue weighted by atomic mass is 10.0. The Morgan fingerprint density at radius 3 is 2.31 bits per heavy atom. The highest BCUT2D eigenvalue weighted by Gasteiger charge is 2.20. The molecule has 0 aliphatic carbocycles. The maximum Gasteiger partial charge on any atom is 0.258 e. The molecule has 3 aromatic rings. The number of ketones is 1. The van der Waals surface area contributed by atoms with E-state index in [1.54, 1.807) is 18.2 Å². The number of benzene rings is 3. The number of carbonyl (C=O) groups excluding carboxylic acids is 2. The van der Waals surface area contributed by atoms with E-state index < -0.39 is 0 Å². The van der Waals surface area contributed by atoms with Crippen LogP contribution in [0.3, 0.4) is 0 Å². The van der Waals surface area contributed by atoms with Crippen LogP contribution in [-0.4, -0.2) is 42.3 Å². The Hall–Kier alpha value is -3.77. The predicted molar refractivity (Wildman–Crippen MR) is 135 cm³/mol. The van der Waals surface area contributed by atoms with Crippen molar-refractivity contribution in [3.63, 3.8) is 0 Å². The zero-order valence-electron chi connectivity index (χ0n) is 19.5. The molecule has 0 saturated carbocycles. The predicted octanol–water partition coefficient (Wildman–Crippen LogP) is 4.88. The molecule has 1 aliphatic rings. The van der Waals surface area contributed by atoms with E-state index in [4.69, 9.17) is 4.74 Å². The van der Waals surface area contributed by atoms with E-state index in [2.05, 4.69) is 34.5 Å². The summed E-state index contributed by atoms with van der Waals surface area (Å²) in [7, 11) is 0. The molecule has 0 atom stereocenters. The summed E-state index contributed by atoms with van der Waals surface area (Å²) in [6.45, 7) is 2.82. The average molecular weight is 473 g/mol. The minimum atomic E-state index is -0.376. The third-order valence-electron chi connectivity index (χ3n) is 6.01. The second kappa shape index (κ2) is 12.1. The van der Waals surface area contributed by atoms with Crippen LogP contribution in [0.5, 0.6) is 5.75 Å². The molecule has 5 nitrogen and oxygen atoms in total. The molecule has 1 aliphatic heterocycles. The molecule has 0 unspecified atom stereocenters. The molecule has 1 N–H and O–H groups in total. The molecule has 0 bridgehead atoms. The maximum absolute atomic E-state index is 13.0. The molecule has 1 amide bonds. The zero-order valence-corrected chi connectivity index (χ0v) is 19.5. The van der Waals surface area contributed by atoms with Gasteiger partial charge in [-0.25, -0.2) is 4.39 Å². The highest BCUT2D eigenvalue weighted by Crippen LogP contribution is 2.16. The minimum Gasteiger partial charge on any atom is -0.484 e. The first-order chi connectivity index (χ1) is 17.0. The molecule has 6 heteroatoms. The third kappa shape index (κ3) is 7.62. The number of piperidine rings is 1. The number of hydrogen-bond donors (Lipinski definition) is 1. The summed E-state index contributed by atoms with van der Waals surface area (Å²) in [4.78, 5) is 26.9. The van der Waals surface area contributed by atoms with Gasteiger partial charge < -0.3 is 10.1 Å². The Morgan fingerprint density at radius 2 is 1.63 bits per heavy atom. The first-order valence-corrected chi connectivity index (χ1v) is 11.8. The Morgan fingerprint density at radius 1 is 0.943 bits per heavy atom. The number of nitrogens with zero attached hydrogens (tertiary/aromatic N) is 1. The first kappa shape index (κ1) is 24.4. The van der Waals surface area contributed by atoms with Crippen LogP contribution in [0.25, 0.3) is 6.08 Å². The largest absolute Gasteiger partial charge is 0.484 e. The highest BCUT2D eigenvalue weighted by atomic mass is 19.1. The van der Waals surface area contributed by atoms with Crippen LogP contribution < -0.4 is 10.1 Å². The number of rotatable bonds is 9. The maximum atomic E-state index is 13.0. The van der Waals surface area contributed by atoms with Gasteiger partial charge >= 0.3 is 0 Å². The van der Waals surface area contributed by atoms with Gasteiger partial charge in [-0.2, -0.15) is 0 Å². The standard InChI is InChI=1S/C29H29FN2O3/c30-25-11-9-24(10-12-25)28(33)15-8-22-6-13-27(14-7-22)35-21-29(34)31-26-16-18-32(19-17-26)20-23-4-2-1-3-5-23/h1-15,26H,16-21H2,(H,31,34)/b15-8+. The van der Waals surface area contributed by atoms with Crippen molar-refractivity contribution in [3.8, 4) is 5.75 Å². The molecule has 3 aromatic carbocycles. The zero-order chi connectivity index (χ0) is 24.5. The van der Waals surface area contributed by atoms with Crippen molar-refractivity contribution in [2.45, 2.75) is 25.4 Å². The van der Waals surface area contributed by atoms with Crippen molar-refractivity contribution in [3.05, 3.63) is 107 Å². The fraction of sp³-hybridized carbons (Fsp3) is 0.241. The van der Waals surface area contributed by atoms with Crippen molar-refractivity contribution in [2.75, 3.05) is 19.7 Å². The minimum absolute atomic E-state index is 0.0392. The van der Waals surface area contributed by atoms with Crippen molar-refractivity contribution in [1.82, 2.24) is 10.2 Å². The van der Waals surface area contributed by atoms with E-state index >= 15 is 0 Å². The Kier molecular flexibility index (Phi) is 8.41. The number of allylic oxidation sites excluding steroid dienone is 1. The van der Waals surface area contributed by atoms with Gasteiger partial charge in [0.2, 0.25) is 0 Å². The van der Waals surface area contributed by atoms with Crippen LogP contribution in [0, 0.1) is 5.82 Å². The molecule has 1 heterocycles. The van der Waals surface area contributed by atoms with E-state index in [1.807, 2.05) is 18.2 Å². The first-order valence-electron chi connectivity index (χ1n) is 11.8. The summed E-state index contributed by atoms with van der Waals surface area (Å²) in [5.41, 5.74) is 2.55. The van der Waals surface area contributed by atoms with Crippen molar-refractivity contribution < 1.29 is 18.7 Å². The van der Waals surface area contributed by atoms with Crippen molar-refractivity contribution >= 4 is 17.8 Å². The van der Waals surface area contributed by atoms with Gasteiger partial charge in [-0.1, -0.05) is 48.5 Å². The van der Waals surface area contributed by atoms with Crippen LogP contribution in [0.2, 0.25) is 0 Å². The number of halogens is 1. The molecule has 35 heavy (non-hydrogen) atoms. The number of amides is 1. The van der Waals surface area contributed by atoms with Crippen molar-refractivity contribution in [1.29, 1.82) is 0 Å². The molecule has 1 saturated heterocycles. The van der Waals surface area contributed by atoms with E-state index in [-0.39, 0.29) is 30.2 Å². The SMILES string of the molecule is O=C(COc1ccc(/C=C/C(=O)c2ccc(F)cc2)cc1)NC1CCN(Cc2ccccc2)CC1. The lowest BCUT2D eigenvalue weighted by Crippen LogP contribution is -2.45. The van der Waals surface area contributed by atoms with Crippen molar-refractivity contribution in [2.24, 2.45) is 0 Å². The van der Waals surface area contributed by atoms with Gasteiger partial charge in [0.1, 0.15) is 11.6 Å².